The summed E-state index contributed by atoms with van der Waals surface area (Å²) in [6.45, 7) is 6.61. The summed E-state index contributed by atoms with van der Waals surface area (Å²) in [5.74, 6) is 2.07. The summed E-state index contributed by atoms with van der Waals surface area (Å²) in [5, 5.41) is 6.05. The Labute approximate surface area is 223 Å². The first-order valence-corrected chi connectivity index (χ1v) is 13.0. The van der Waals surface area contributed by atoms with Crippen molar-refractivity contribution in [3.8, 4) is 5.75 Å². The van der Waals surface area contributed by atoms with E-state index >= 15 is 0 Å². The highest BCUT2D eigenvalue weighted by molar-refractivity contribution is 5.78. The normalized spacial score (nSPS) is 16.1. The molecule has 3 aromatic rings. The van der Waals surface area contributed by atoms with E-state index in [1.165, 1.54) is 0 Å². The predicted octanol–water partition coefficient (Wildman–Crippen LogP) is 2.61. The monoisotopic (exact) mass is 520 g/mol. The molecule has 0 spiro atoms. The van der Waals surface area contributed by atoms with E-state index < -0.39 is 0 Å². The Balaban J connectivity index is 1.48. The van der Waals surface area contributed by atoms with E-state index in [9.17, 15) is 9.59 Å². The largest absolute Gasteiger partial charge is 0.497 e. The molecule has 0 aliphatic carbocycles. The number of carbonyl (C=O) groups is 2. The molecular weight excluding hydrogens is 484 g/mol. The lowest BCUT2D eigenvalue weighted by atomic mass is 10.1. The highest BCUT2D eigenvalue weighted by Gasteiger charge is 2.32. The van der Waals surface area contributed by atoms with Crippen LogP contribution in [0.1, 0.15) is 44.1 Å². The number of ether oxygens (including phenoxy) is 1. The van der Waals surface area contributed by atoms with E-state index in [0.717, 1.165) is 23.6 Å². The summed E-state index contributed by atoms with van der Waals surface area (Å²) in [5.41, 5.74) is 0.986. The predicted molar refractivity (Wildman–Crippen MR) is 144 cm³/mol. The third kappa shape index (κ3) is 6.99. The smallest absolute Gasteiger partial charge is 0.317 e. The molecule has 4 rings (SSSR count). The Hall–Kier alpha value is -4.15. The molecule has 202 valence electrons. The molecule has 1 aliphatic heterocycles. The van der Waals surface area contributed by atoms with E-state index in [0.29, 0.717) is 38.5 Å². The van der Waals surface area contributed by atoms with Crippen LogP contribution in [0.15, 0.2) is 55.2 Å². The number of nitrogens with zero attached hydrogens (tertiary/aromatic N) is 6. The number of imidazole rings is 1. The molecule has 1 fully saturated rings. The summed E-state index contributed by atoms with van der Waals surface area (Å²) in [4.78, 5) is 43.1. The molecule has 1 aromatic carbocycles. The number of hydrogen-bond acceptors (Lipinski definition) is 7. The number of rotatable bonds is 10. The van der Waals surface area contributed by atoms with E-state index in [1.54, 1.807) is 30.7 Å². The van der Waals surface area contributed by atoms with Crippen molar-refractivity contribution in [3.05, 3.63) is 66.6 Å². The van der Waals surface area contributed by atoms with Crippen molar-refractivity contribution in [2.45, 2.75) is 45.3 Å². The van der Waals surface area contributed by atoms with Crippen LogP contribution in [0.2, 0.25) is 0 Å². The van der Waals surface area contributed by atoms with Crippen LogP contribution in [0.5, 0.6) is 5.75 Å². The van der Waals surface area contributed by atoms with Gasteiger partial charge >= 0.3 is 6.03 Å². The van der Waals surface area contributed by atoms with Crippen LogP contribution < -0.4 is 20.3 Å². The maximum atomic E-state index is 13.2. The van der Waals surface area contributed by atoms with E-state index in [2.05, 4.69) is 25.5 Å². The number of benzene rings is 1. The van der Waals surface area contributed by atoms with Gasteiger partial charge in [-0.1, -0.05) is 19.1 Å². The fraction of sp³-hybridized carbons (Fsp3) is 0.444. The molecule has 0 radical (unpaired) electrons. The van der Waals surface area contributed by atoms with E-state index in [4.69, 9.17) is 9.72 Å². The van der Waals surface area contributed by atoms with Gasteiger partial charge in [-0.15, -0.1) is 0 Å². The fourth-order valence-corrected chi connectivity index (χ4v) is 4.52. The Kier molecular flexibility index (Phi) is 9.12. The minimum atomic E-state index is -0.241. The molecule has 38 heavy (non-hydrogen) atoms. The average molecular weight is 521 g/mol. The minimum absolute atomic E-state index is 0.0909. The number of carbonyl (C=O) groups excluding carboxylic acids is 2. The quantitative estimate of drug-likeness (QED) is 0.422. The molecule has 3 amide bonds. The molecule has 1 saturated heterocycles. The lowest BCUT2D eigenvalue weighted by Crippen LogP contribution is -2.58. The second kappa shape index (κ2) is 12.9. The molecular formula is C27H36N8O3. The highest BCUT2D eigenvalue weighted by atomic mass is 16.5. The summed E-state index contributed by atoms with van der Waals surface area (Å²) >= 11 is 0. The SMILES string of the molecule is CCCNC(=O)N1CCN(c2ccnc(Cn3ccnc3)n2)C(CC(=O)NC(C)c2ccc(OC)cc2)C1. The maximum absolute atomic E-state index is 13.2. The molecule has 2 unspecified atom stereocenters. The fourth-order valence-electron chi connectivity index (χ4n) is 4.52. The molecule has 1 aliphatic rings. The average Bonchev–Trinajstić information content (AvgIpc) is 3.44. The minimum Gasteiger partial charge on any atom is -0.497 e. The molecule has 0 saturated carbocycles. The summed E-state index contributed by atoms with van der Waals surface area (Å²) in [6, 6.07) is 8.99. The molecule has 2 N–H and O–H groups in total. The first-order chi connectivity index (χ1) is 18.5. The zero-order valence-corrected chi connectivity index (χ0v) is 22.2. The standard InChI is InChI=1S/C27H36N8O3/c1-4-10-30-27(37)34-14-15-35(25-9-11-29-24(32-25)18-33-13-12-28-19-33)22(17-34)16-26(36)31-20(2)21-5-7-23(38-3)8-6-21/h5-9,11-13,19-20,22H,4,10,14-18H2,1-3H3,(H,30,37)(H,31,36). The topological polar surface area (TPSA) is 118 Å². The van der Waals surface area contributed by atoms with Crippen molar-refractivity contribution in [1.82, 2.24) is 35.1 Å². The van der Waals surface area contributed by atoms with Gasteiger partial charge in [-0.3, -0.25) is 4.79 Å². The number of amides is 3. The molecule has 2 aromatic heterocycles. The van der Waals surface area contributed by atoms with Gasteiger partial charge < -0.3 is 29.7 Å². The van der Waals surface area contributed by atoms with Gasteiger partial charge in [0, 0.05) is 51.2 Å². The van der Waals surface area contributed by atoms with Gasteiger partial charge in [0.2, 0.25) is 5.91 Å². The van der Waals surface area contributed by atoms with Crippen LogP contribution in [0, 0.1) is 0 Å². The number of hydrogen-bond donors (Lipinski definition) is 2. The van der Waals surface area contributed by atoms with Crippen LogP contribution >= 0.6 is 0 Å². The number of aromatic nitrogens is 4. The lowest BCUT2D eigenvalue weighted by Gasteiger charge is -2.42. The third-order valence-electron chi connectivity index (χ3n) is 6.58. The molecule has 0 bridgehead atoms. The Morgan fingerprint density at radius 3 is 2.68 bits per heavy atom. The van der Waals surface area contributed by atoms with Crippen LogP contribution in [-0.4, -0.2) is 75.7 Å². The van der Waals surface area contributed by atoms with Crippen LogP contribution in [-0.2, 0) is 11.3 Å². The van der Waals surface area contributed by atoms with Crippen molar-refractivity contribution in [3.63, 3.8) is 0 Å². The van der Waals surface area contributed by atoms with Gasteiger partial charge in [0.25, 0.3) is 0 Å². The van der Waals surface area contributed by atoms with Crippen LogP contribution in [0.25, 0.3) is 0 Å². The Bertz CT molecular complexity index is 1190. The molecule has 3 heterocycles. The first-order valence-electron chi connectivity index (χ1n) is 13.0. The summed E-state index contributed by atoms with van der Waals surface area (Å²) in [7, 11) is 1.63. The number of piperazine rings is 1. The number of nitrogens with one attached hydrogen (secondary N) is 2. The summed E-state index contributed by atoms with van der Waals surface area (Å²) in [6.07, 6.45) is 8.12. The van der Waals surface area contributed by atoms with Crippen molar-refractivity contribution < 1.29 is 14.3 Å². The van der Waals surface area contributed by atoms with Crippen molar-refractivity contribution >= 4 is 17.8 Å². The number of anilines is 1. The molecule has 11 heteroatoms. The summed E-state index contributed by atoms with van der Waals surface area (Å²) < 4.78 is 7.13. The van der Waals surface area contributed by atoms with Crippen molar-refractivity contribution in [2.24, 2.45) is 0 Å². The van der Waals surface area contributed by atoms with Crippen LogP contribution in [0.4, 0.5) is 10.6 Å². The van der Waals surface area contributed by atoms with Crippen molar-refractivity contribution in [1.29, 1.82) is 0 Å². The van der Waals surface area contributed by atoms with Gasteiger partial charge in [-0.05, 0) is 37.1 Å². The van der Waals surface area contributed by atoms with Crippen LogP contribution in [0.3, 0.4) is 0 Å². The maximum Gasteiger partial charge on any atom is 0.317 e. The first kappa shape index (κ1) is 26.9. The number of methoxy groups -OCH3 is 1. The Morgan fingerprint density at radius 1 is 1.16 bits per heavy atom. The number of urea groups is 1. The van der Waals surface area contributed by atoms with Gasteiger partial charge in [0.15, 0.2) is 0 Å². The zero-order valence-electron chi connectivity index (χ0n) is 22.2. The highest BCUT2D eigenvalue weighted by Crippen LogP contribution is 2.22. The van der Waals surface area contributed by atoms with Gasteiger partial charge in [-0.2, -0.15) is 0 Å². The van der Waals surface area contributed by atoms with Gasteiger partial charge in [0.05, 0.1) is 32.1 Å². The lowest BCUT2D eigenvalue weighted by molar-refractivity contribution is -0.122. The Morgan fingerprint density at radius 2 is 1.97 bits per heavy atom. The molecule has 11 nitrogen and oxygen atoms in total. The third-order valence-corrected chi connectivity index (χ3v) is 6.58. The zero-order chi connectivity index (χ0) is 26.9. The van der Waals surface area contributed by atoms with Crippen molar-refractivity contribution in [2.75, 3.05) is 38.2 Å². The second-order valence-corrected chi connectivity index (χ2v) is 9.36. The van der Waals surface area contributed by atoms with Gasteiger partial charge in [0.1, 0.15) is 17.4 Å². The van der Waals surface area contributed by atoms with E-state index in [-0.39, 0.29) is 30.4 Å². The van der Waals surface area contributed by atoms with E-state index in [1.807, 2.05) is 54.9 Å². The van der Waals surface area contributed by atoms with Gasteiger partial charge in [-0.25, -0.2) is 19.7 Å². The second-order valence-electron chi connectivity index (χ2n) is 9.36. The molecule has 2 atom stereocenters.